The number of hydrogen-bond donors (Lipinski definition) is 2. The summed E-state index contributed by atoms with van der Waals surface area (Å²) in [5.41, 5.74) is 1.77. The predicted molar refractivity (Wildman–Crippen MR) is 110 cm³/mol. The molecule has 0 radical (unpaired) electrons. The van der Waals surface area contributed by atoms with Gasteiger partial charge in [0.25, 0.3) is 0 Å². The van der Waals surface area contributed by atoms with Crippen LogP contribution in [0.5, 0.6) is 0 Å². The van der Waals surface area contributed by atoms with Crippen molar-refractivity contribution in [3.05, 3.63) is 70.0 Å². The molecule has 0 saturated heterocycles. The quantitative estimate of drug-likeness (QED) is 0.389. The summed E-state index contributed by atoms with van der Waals surface area (Å²) in [6.07, 6.45) is 0. The van der Waals surface area contributed by atoms with Crippen LogP contribution in [0.1, 0.15) is 23.6 Å². The van der Waals surface area contributed by atoms with Crippen molar-refractivity contribution in [2.24, 2.45) is 4.99 Å². The summed E-state index contributed by atoms with van der Waals surface area (Å²) in [5, 5.41) is 15.6. The highest BCUT2D eigenvalue weighted by atomic mass is 127. The Kier molecular flexibility index (Phi) is 9.24. The van der Waals surface area contributed by atoms with E-state index in [1.54, 1.807) is 12.1 Å². The topological polar surface area (TPSA) is 60.2 Å². The summed E-state index contributed by atoms with van der Waals surface area (Å²) in [5.74, 6) is 0.175. The van der Waals surface area contributed by atoms with E-state index in [2.05, 4.69) is 15.6 Å². The molecule has 0 bridgehead atoms. The lowest BCUT2D eigenvalue weighted by atomic mass is 10.1. The third-order valence-corrected chi connectivity index (χ3v) is 3.52. The second-order valence-electron chi connectivity index (χ2n) is 5.10. The lowest BCUT2D eigenvalue weighted by Gasteiger charge is -2.12. The zero-order chi connectivity index (χ0) is 17.4. The van der Waals surface area contributed by atoms with Gasteiger partial charge in [0, 0.05) is 23.7 Å². The van der Waals surface area contributed by atoms with E-state index in [0.717, 1.165) is 5.56 Å². The molecule has 0 saturated carbocycles. The first-order chi connectivity index (χ1) is 11.6. The minimum absolute atomic E-state index is 0. The van der Waals surface area contributed by atoms with E-state index in [4.69, 9.17) is 16.9 Å². The standard InChI is InChI=1S/C18H18ClFN4.HI/c1-2-22-18(23-11-14-4-3-5-16(19)8-14)24-12-15-7-6-13(10-21)9-17(15)20;/h3-9H,2,11-12H2,1H3,(H2,22,23,24);1H. The number of halogens is 3. The first kappa shape index (κ1) is 21.2. The summed E-state index contributed by atoms with van der Waals surface area (Å²) in [6.45, 7) is 3.39. The number of hydrogen-bond acceptors (Lipinski definition) is 2. The van der Waals surface area contributed by atoms with Crippen LogP contribution in [0.15, 0.2) is 47.5 Å². The maximum atomic E-state index is 13.9. The van der Waals surface area contributed by atoms with Gasteiger partial charge in [-0.1, -0.05) is 29.8 Å². The van der Waals surface area contributed by atoms with Gasteiger partial charge in [0.2, 0.25) is 0 Å². The van der Waals surface area contributed by atoms with E-state index in [-0.39, 0.29) is 30.5 Å². The molecule has 2 aromatic rings. The van der Waals surface area contributed by atoms with Gasteiger partial charge in [-0.15, -0.1) is 24.0 Å². The molecule has 0 aromatic heterocycles. The van der Waals surface area contributed by atoms with Gasteiger partial charge in [-0.25, -0.2) is 9.38 Å². The van der Waals surface area contributed by atoms with Gasteiger partial charge < -0.3 is 10.6 Å². The average molecular weight is 473 g/mol. The van der Waals surface area contributed by atoms with Gasteiger partial charge in [0.1, 0.15) is 5.82 Å². The first-order valence-corrected chi connectivity index (χ1v) is 7.95. The highest BCUT2D eigenvalue weighted by Gasteiger charge is 2.05. The van der Waals surface area contributed by atoms with Gasteiger partial charge in [0.15, 0.2) is 5.96 Å². The van der Waals surface area contributed by atoms with Gasteiger partial charge in [-0.3, -0.25) is 0 Å². The van der Waals surface area contributed by atoms with Crippen molar-refractivity contribution >= 4 is 41.5 Å². The zero-order valence-electron chi connectivity index (χ0n) is 13.7. The maximum Gasteiger partial charge on any atom is 0.191 e. The average Bonchev–Trinajstić information content (AvgIpc) is 2.58. The van der Waals surface area contributed by atoms with Crippen molar-refractivity contribution in [1.82, 2.24) is 10.6 Å². The first-order valence-electron chi connectivity index (χ1n) is 7.57. The molecule has 0 unspecified atom stereocenters. The van der Waals surface area contributed by atoms with Crippen LogP contribution in [0, 0.1) is 17.1 Å². The van der Waals surface area contributed by atoms with Gasteiger partial charge in [-0.2, -0.15) is 5.26 Å². The van der Waals surface area contributed by atoms with E-state index in [1.165, 1.54) is 6.07 Å². The van der Waals surface area contributed by atoms with Crippen molar-refractivity contribution in [3.63, 3.8) is 0 Å². The van der Waals surface area contributed by atoms with E-state index in [1.807, 2.05) is 37.3 Å². The van der Waals surface area contributed by atoms with Crippen LogP contribution in [-0.4, -0.2) is 12.5 Å². The zero-order valence-corrected chi connectivity index (χ0v) is 16.8. The Balaban J connectivity index is 0.00000312. The van der Waals surface area contributed by atoms with Crippen LogP contribution in [0.2, 0.25) is 5.02 Å². The molecule has 132 valence electrons. The molecule has 0 aliphatic rings. The number of nitrogens with one attached hydrogen (secondary N) is 2. The molecule has 0 aliphatic carbocycles. The molecule has 0 aliphatic heterocycles. The number of guanidine groups is 1. The molecule has 25 heavy (non-hydrogen) atoms. The van der Waals surface area contributed by atoms with Crippen LogP contribution in [0.3, 0.4) is 0 Å². The number of nitriles is 1. The van der Waals surface area contributed by atoms with Crippen LogP contribution >= 0.6 is 35.6 Å². The van der Waals surface area contributed by atoms with Crippen LogP contribution in [0.4, 0.5) is 4.39 Å². The lowest BCUT2D eigenvalue weighted by Crippen LogP contribution is -2.37. The van der Waals surface area contributed by atoms with E-state index in [9.17, 15) is 4.39 Å². The Morgan fingerprint density at radius 2 is 2.04 bits per heavy atom. The number of benzene rings is 2. The van der Waals surface area contributed by atoms with Crippen molar-refractivity contribution in [2.45, 2.75) is 20.0 Å². The van der Waals surface area contributed by atoms with Gasteiger partial charge in [-0.05, 0) is 36.8 Å². The van der Waals surface area contributed by atoms with E-state index >= 15 is 0 Å². The summed E-state index contributed by atoms with van der Waals surface area (Å²) >= 11 is 5.96. The minimum Gasteiger partial charge on any atom is -0.357 e. The van der Waals surface area contributed by atoms with Crippen molar-refractivity contribution in [3.8, 4) is 6.07 Å². The second-order valence-corrected chi connectivity index (χ2v) is 5.53. The van der Waals surface area contributed by atoms with Crippen LogP contribution in [-0.2, 0) is 13.1 Å². The number of aliphatic imine (C=N–C) groups is 1. The van der Waals surface area contributed by atoms with Gasteiger partial charge >= 0.3 is 0 Å². The highest BCUT2D eigenvalue weighted by Crippen LogP contribution is 2.12. The third kappa shape index (κ3) is 6.88. The minimum atomic E-state index is -0.410. The van der Waals surface area contributed by atoms with Gasteiger partial charge in [0.05, 0.1) is 18.2 Å². The summed E-state index contributed by atoms with van der Waals surface area (Å²) in [4.78, 5) is 4.46. The lowest BCUT2D eigenvalue weighted by molar-refractivity contribution is 0.604. The summed E-state index contributed by atoms with van der Waals surface area (Å²) in [6, 6.07) is 13.8. The molecule has 7 heteroatoms. The molecule has 0 spiro atoms. The van der Waals surface area contributed by atoms with E-state index < -0.39 is 5.82 Å². The summed E-state index contributed by atoms with van der Waals surface area (Å²) < 4.78 is 13.9. The second kappa shape index (κ2) is 10.9. The molecule has 0 heterocycles. The normalized spacial score (nSPS) is 10.6. The van der Waals surface area contributed by atoms with E-state index in [0.29, 0.717) is 35.2 Å². The number of nitrogens with zero attached hydrogens (tertiary/aromatic N) is 2. The van der Waals surface area contributed by atoms with Crippen LogP contribution < -0.4 is 10.6 Å². The monoisotopic (exact) mass is 472 g/mol. The molecular formula is C18H19ClFIN4. The fourth-order valence-electron chi connectivity index (χ4n) is 2.09. The molecule has 4 nitrogen and oxygen atoms in total. The van der Waals surface area contributed by atoms with Crippen LogP contribution in [0.25, 0.3) is 0 Å². The molecule has 2 N–H and O–H groups in total. The molecule has 2 aromatic carbocycles. The SMILES string of the molecule is CCNC(=NCc1cccc(Cl)c1)NCc1ccc(C#N)cc1F.I. The van der Waals surface area contributed by atoms with Crippen molar-refractivity contribution in [1.29, 1.82) is 5.26 Å². The third-order valence-electron chi connectivity index (χ3n) is 3.28. The maximum absolute atomic E-state index is 13.9. The number of rotatable bonds is 5. The Hall–Kier alpha value is -1.85. The Morgan fingerprint density at radius 3 is 2.68 bits per heavy atom. The molecule has 0 fully saturated rings. The smallest absolute Gasteiger partial charge is 0.191 e. The molecule has 0 amide bonds. The van der Waals surface area contributed by atoms with Crippen molar-refractivity contribution < 1.29 is 4.39 Å². The fourth-order valence-corrected chi connectivity index (χ4v) is 2.30. The highest BCUT2D eigenvalue weighted by molar-refractivity contribution is 14.0. The fraction of sp³-hybridized carbons (Fsp3) is 0.222. The summed E-state index contributed by atoms with van der Waals surface area (Å²) in [7, 11) is 0. The Morgan fingerprint density at radius 1 is 1.24 bits per heavy atom. The molecular weight excluding hydrogens is 454 g/mol. The Bertz CT molecular complexity index is 774. The largest absolute Gasteiger partial charge is 0.357 e. The molecule has 0 atom stereocenters. The Labute approximate surface area is 169 Å². The predicted octanol–water partition coefficient (Wildman–Crippen LogP) is 4.22. The van der Waals surface area contributed by atoms with Crippen molar-refractivity contribution in [2.75, 3.05) is 6.54 Å². The molecule has 2 rings (SSSR count).